The maximum atomic E-state index is 12.5. The third-order valence-corrected chi connectivity index (χ3v) is 4.90. The van der Waals surface area contributed by atoms with Gasteiger partial charge in [0.15, 0.2) is 0 Å². The molecule has 0 unspecified atom stereocenters. The zero-order valence-corrected chi connectivity index (χ0v) is 16.6. The molecule has 0 spiro atoms. The average molecular weight is 402 g/mol. The first-order chi connectivity index (χ1) is 13.5. The number of benzene rings is 1. The van der Waals surface area contributed by atoms with E-state index in [0.29, 0.717) is 23.8 Å². The second-order valence-electron chi connectivity index (χ2n) is 6.76. The molecule has 0 radical (unpaired) electrons. The van der Waals surface area contributed by atoms with Crippen molar-refractivity contribution in [1.29, 1.82) is 0 Å². The Balaban J connectivity index is 1.43. The number of pyridine rings is 1. The number of anilines is 2. The fraction of sp³-hybridized carbons (Fsp3) is 0.350. The third kappa shape index (κ3) is 5.43. The minimum Gasteiger partial charge on any atom is -0.353 e. The Kier molecular flexibility index (Phi) is 6.84. The van der Waals surface area contributed by atoms with Crippen LogP contribution in [0.1, 0.15) is 0 Å². The highest BCUT2D eigenvalue weighted by Gasteiger charge is 2.23. The molecule has 2 aromatic rings. The fourth-order valence-electron chi connectivity index (χ4n) is 3.11. The number of hydrogen-bond donors (Lipinski definition) is 1. The number of likely N-dealkylation sites (N-methyl/N-ethyl adjacent to an activating group) is 1. The second-order valence-corrected chi connectivity index (χ2v) is 7.16. The molecule has 8 heteroatoms. The molecule has 28 heavy (non-hydrogen) atoms. The predicted octanol–water partition coefficient (Wildman–Crippen LogP) is 1.95. The summed E-state index contributed by atoms with van der Waals surface area (Å²) in [5, 5.41) is 3.25. The molecule has 1 saturated heterocycles. The van der Waals surface area contributed by atoms with E-state index in [9.17, 15) is 9.59 Å². The van der Waals surface area contributed by atoms with Gasteiger partial charge in [-0.1, -0.05) is 29.8 Å². The minimum absolute atomic E-state index is 0.0220. The Hall–Kier alpha value is -2.64. The van der Waals surface area contributed by atoms with E-state index in [-0.39, 0.29) is 24.9 Å². The van der Waals surface area contributed by atoms with Crippen molar-refractivity contribution in [3.05, 3.63) is 53.7 Å². The maximum absolute atomic E-state index is 12.5. The molecule has 0 bridgehead atoms. The van der Waals surface area contributed by atoms with Crippen LogP contribution in [0, 0.1) is 0 Å². The van der Waals surface area contributed by atoms with Crippen LogP contribution in [0.25, 0.3) is 0 Å². The number of piperazine rings is 1. The highest BCUT2D eigenvalue weighted by molar-refractivity contribution is 6.33. The van der Waals surface area contributed by atoms with E-state index in [0.717, 1.165) is 18.9 Å². The molecule has 2 heterocycles. The number of carbonyl (C=O) groups is 2. The summed E-state index contributed by atoms with van der Waals surface area (Å²) in [7, 11) is 1.76. The molecule has 0 aliphatic carbocycles. The van der Waals surface area contributed by atoms with Crippen LogP contribution < -0.4 is 10.2 Å². The largest absolute Gasteiger partial charge is 0.353 e. The number of nitrogens with zero attached hydrogens (tertiary/aromatic N) is 4. The minimum atomic E-state index is -0.205. The summed E-state index contributed by atoms with van der Waals surface area (Å²) in [6.07, 6.45) is 1.77. The number of hydrogen-bond acceptors (Lipinski definition) is 5. The highest BCUT2D eigenvalue weighted by Crippen LogP contribution is 2.20. The van der Waals surface area contributed by atoms with Crippen LogP contribution in [0.3, 0.4) is 0 Å². The molecule has 0 atom stereocenters. The number of para-hydroxylation sites is 1. The quantitative estimate of drug-likeness (QED) is 0.801. The van der Waals surface area contributed by atoms with Gasteiger partial charge in [-0.2, -0.15) is 0 Å². The molecule has 7 nitrogen and oxygen atoms in total. The summed E-state index contributed by atoms with van der Waals surface area (Å²) in [5.41, 5.74) is 0.569. The van der Waals surface area contributed by atoms with Gasteiger partial charge in [-0.05, 0) is 31.3 Å². The van der Waals surface area contributed by atoms with E-state index in [1.54, 1.807) is 42.4 Å². The molecule has 1 aromatic carbocycles. The third-order valence-electron chi connectivity index (χ3n) is 4.57. The SMILES string of the molecule is CN(CC(=O)Nc1ccccc1Cl)CC(=O)N1CCN(c2ccccn2)CC1. The number of halogens is 1. The van der Waals surface area contributed by atoms with Crippen molar-refractivity contribution in [2.24, 2.45) is 0 Å². The van der Waals surface area contributed by atoms with Crippen LogP contribution >= 0.6 is 11.6 Å². The number of carbonyl (C=O) groups excluding carboxylic acids is 2. The first kappa shape index (κ1) is 20.1. The van der Waals surface area contributed by atoms with Crippen molar-refractivity contribution in [2.45, 2.75) is 0 Å². The van der Waals surface area contributed by atoms with Gasteiger partial charge in [0.25, 0.3) is 0 Å². The molecule has 2 amide bonds. The van der Waals surface area contributed by atoms with Crippen LogP contribution in [0.5, 0.6) is 0 Å². The monoisotopic (exact) mass is 401 g/mol. The summed E-state index contributed by atoms with van der Waals surface area (Å²) in [6, 6.07) is 12.9. The summed E-state index contributed by atoms with van der Waals surface area (Å²) in [5.74, 6) is 0.750. The lowest BCUT2D eigenvalue weighted by Crippen LogP contribution is -2.51. The van der Waals surface area contributed by atoms with Crippen LogP contribution in [-0.4, -0.2) is 72.9 Å². The zero-order chi connectivity index (χ0) is 19.9. The first-order valence-electron chi connectivity index (χ1n) is 9.19. The predicted molar refractivity (Wildman–Crippen MR) is 111 cm³/mol. The molecular formula is C20H24ClN5O2. The Morgan fingerprint density at radius 2 is 1.79 bits per heavy atom. The molecule has 3 rings (SSSR count). The number of amides is 2. The van der Waals surface area contributed by atoms with Gasteiger partial charge in [-0.3, -0.25) is 14.5 Å². The van der Waals surface area contributed by atoms with Crippen molar-refractivity contribution in [1.82, 2.24) is 14.8 Å². The van der Waals surface area contributed by atoms with Gasteiger partial charge < -0.3 is 15.1 Å². The number of rotatable bonds is 6. The normalized spacial score (nSPS) is 14.2. The van der Waals surface area contributed by atoms with Gasteiger partial charge in [0.05, 0.1) is 23.8 Å². The van der Waals surface area contributed by atoms with Gasteiger partial charge in [-0.25, -0.2) is 4.98 Å². The Morgan fingerprint density at radius 1 is 1.07 bits per heavy atom. The lowest BCUT2D eigenvalue weighted by atomic mass is 10.3. The molecular weight excluding hydrogens is 378 g/mol. The van der Waals surface area contributed by atoms with E-state index >= 15 is 0 Å². The Bertz CT molecular complexity index is 809. The molecule has 0 saturated carbocycles. The number of nitrogens with one attached hydrogen (secondary N) is 1. The maximum Gasteiger partial charge on any atom is 0.238 e. The highest BCUT2D eigenvalue weighted by atomic mass is 35.5. The van der Waals surface area contributed by atoms with Crippen LogP contribution in [0.4, 0.5) is 11.5 Å². The van der Waals surface area contributed by atoms with Gasteiger partial charge in [0, 0.05) is 32.4 Å². The molecule has 1 fully saturated rings. The van der Waals surface area contributed by atoms with Gasteiger partial charge in [0.1, 0.15) is 5.82 Å². The smallest absolute Gasteiger partial charge is 0.238 e. The summed E-state index contributed by atoms with van der Waals surface area (Å²) >= 11 is 6.05. The fourth-order valence-corrected chi connectivity index (χ4v) is 3.29. The van der Waals surface area contributed by atoms with E-state index < -0.39 is 0 Å². The van der Waals surface area contributed by atoms with Gasteiger partial charge >= 0.3 is 0 Å². The Labute approximate surface area is 169 Å². The molecule has 1 aliphatic heterocycles. The van der Waals surface area contributed by atoms with Crippen LogP contribution in [-0.2, 0) is 9.59 Å². The molecule has 148 valence electrons. The van der Waals surface area contributed by atoms with E-state index in [2.05, 4.69) is 15.2 Å². The summed E-state index contributed by atoms with van der Waals surface area (Å²) in [6.45, 7) is 3.10. The average Bonchev–Trinajstić information content (AvgIpc) is 2.70. The van der Waals surface area contributed by atoms with Crippen molar-refractivity contribution >= 4 is 34.9 Å². The Morgan fingerprint density at radius 3 is 2.46 bits per heavy atom. The topological polar surface area (TPSA) is 68.8 Å². The summed E-state index contributed by atoms with van der Waals surface area (Å²) < 4.78 is 0. The lowest BCUT2D eigenvalue weighted by molar-refractivity contribution is -0.132. The van der Waals surface area contributed by atoms with Crippen molar-refractivity contribution < 1.29 is 9.59 Å². The lowest BCUT2D eigenvalue weighted by Gasteiger charge is -2.36. The van der Waals surface area contributed by atoms with E-state index in [1.807, 2.05) is 23.1 Å². The molecule has 1 N–H and O–H groups in total. The summed E-state index contributed by atoms with van der Waals surface area (Å²) in [4.78, 5) is 34.8. The standard InChI is InChI=1S/C20H24ClN5O2/c1-24(14-19(27)23-17-7-3-2-6-16(17)21)15-20(28)26-12-10-25(11-13-26)18-8-4-5-9-22-18/h2-9H,10-15H2,1H3,(H,23,27). The first-order valence-corrected chi connectivity index (χ1v) is 9.57. The van der Waals surface area contributed by atoms with Crippen LogP contribution in [0.2, 0.25) is 5.02 Å². The number of aromatic nitrogens is 1. The van der Waals surface area contributed by atoms with E-state index in [1.165, 1.54) is 0 Å². The van der Waals surface area contributed by atoms with Crippen molar-refractivity contribution in [3.8, 4) is 0 Å². The molecule has 1 aromatic heterocycles. The van der Waals surface area contributed by atoms with Crippen LogP contribution in [0.15, 0.2) is 48.7 Å². The zero-order valence-electron chi connectivity index (χ0n) is 15.8. The van der Waals surface area contributed by atoms with Gasteiger partial charge in [0.2, 0.25) is 11.8 Å². The van der Waals surface area contributed by atoms with Gasteiger partial charge in [-0.15, -0.1) is 0 Å². The van der Waals surface area contributed by atoms with Crippen molar-refractivity contribution in [3.63, 3.8) is 0 Å². The van der Waals surface area contributed by atoms with Crippen molar-refractivity contribution in [2.75, 3.05) is 56.5 Å². The van der Waals surface area contributed by atoms with E-state index in [4.69, 9.17) is 11.6 Å². The second kappa shape index (κ2) is 9.52. The molecule has 1 aliphatic rings.